The number of pyridine rings is 1. The number of ether oxygens (including phenoxy) is 1. The monoisotopic (exact) mass is 298 g/mol. The first-order valence-corrected chi connectivity index (χ1v) is 7.75. The van der Waals surface area contributed by atoms with E-state index in [1.807, 2.05) is 23.5 Å². The molecule has 4 heteroatoms. The zero-order valence-corrected chi connectivity index (χ0v) is 13.2. The molecule has 1 unspecified atom stereocenters. The van der Waals surface area contributed by atoms with Crippen LogP contribution in [0.4, 0.5) is 5.69 Å². The number of nitrogens with zero attached hydrogens (tertiary/aromatic N) is 1. The predicted octanol–water partition coefficient (Wildman–Crippen LogP) is 4.79. The van der Waals surface area contributed by atoms with Crippen molar-refractivity contribution in [2.24, 2.45) is 0 Å². The Morgan fingerprint density at radius 2 is 2.00 bits per heavy atom. The number of nitrogens with one attached hydrogen (secondary N) is 1. The van der Waals surface area contributed by atoms with E-state index in [2.05, 4.69) is 48.4 Å². The topological polar surface area (TPSA) is 34.1 Å². The van der Waals surface area contributed by atoms with Gasteiger partial charge in [-0.05, 0) is 36.9 Å². The fourth-order valence-electron chi connectivity index (χ4n) is 2.51. The number of methoxy groups -OCH3 is 1. The van der Waals surface area contributed by atoms with Crippen LogP contribution >= 0.6 is 11.3 Å². The van der Waals surface area contributed by atoms with E-state index in [-0.39, 0.29) is 6.04 Å². The number of aryl methyl sites for hydroxylation is 1. The van der Waals surface area contributed by atoms with Crippen LogP contribution in [-0.2, 0) is 0 Å². The molecule has 0 saturated carbocycles. The first kappa shape index (κ1) is 13.9. The van der Waals surface area contributed by atoms with Gasteiger partial charge in [-0.2, -0.15) is 0 Å². The van der Waals surface area contributed by atoms with E-state index in [1.54, 1.807) is 13.3 Å². The lowest BCUT2D eigenvalue weighted by Gasteiger charge is -2.15. The zero-order valence-electron chi connectivity index (χ0n) is 12.4. The Balaban J connectivity index is 1.86. The quantitative estimate of drug-likeness (QED) is 0.752. The second kappa shape index (κ2) is 5.74. The number of hydrogen-bond donors (Lipinski definition) is 1. The number of benzene rings is 1. The zero-order chi connectivity index (χ0) is 14.8. The first-order chi connectivity index (χ1) is 10.2. The van der Waals surface area contributed by atoms with E-state index < -0.39 is 0 Å². The van der Waals surface area contributed by atoms with E-state index in [0.29, 0.717) is 5.88 Å². The molecule has 0 bridgehead atoms. The van der Waals surface area contributed by atoms with Gasteiger partial charge in [-0.15, -0.1) is 11.3 Å². The molecule has 0 aliphatic rings. The van der Waals surface area contributed by atoms with Crippen LogP contribution in [0, 0.1) is 6.92 Å². The SMILES string of the molecule is COc1ccc(NC(C)c2sc3ccccc3c2C)cn1. The standard InChI is InChI=1S/C17H18N2OS/c1-11-14-6-4-5-7-15(14)21-17(11)12(2)19-13-8-9-16(20-3)18-10-13/h4-10,12,19H,1-3H3. The molecule has 108 valence electrons. The number of aromatic nitrogens is 1. The molecule has 0 saturated heterocycles. The average Bonchev–Trinajstić information content (AvgIpc) is 2.86. The minimum absolute atomic E-state index is 0.248. The van der Waals surface area contributed by atoms with Gasteiger partial charge in [0.05, 0.1) is 25.0 Å². The van der Waals surface area contributed by atoms with Gasteiger partial charge in [0.1, 0.15) is 0 Å². The summed E-state index contributed by atoms with van der Waals surface area (Å²) in [6, 6.07) is 12.7. The molecule has 3 nitrogen and oxygen atoms in total. The fraction of sp³-hybridized carbons (Fsp3) is 0.235. The van der Waals surface area contributed by atoms with E-state index >= 15 is 0 Å². The summed E-state index contributed by atoms with van der Waals surface area (Å²) >= 11 is 1.85. The van der Waals surface area contributed by atoms with Gasteiger partial charge >= 0.3 is 0 Å². The Morgan fingerprint density at radius 1 is 1.19 bits per heavy atom. The molecular weight excluding hydrogens is 280 g/mol. The lowest BCUT2D eigenvalue weighted by molar-refractivity contribution is 0.398. The highest BCUT2D eigenvalue weighted by atomic mass is 32.1. The summed E-state index contributed by atoms with van der Waals surface area (Å²) in [5.74, 6) is 0.631. The smallest absolute Gasteiger partial charge is 0.213 e. The van der Waals surface area contributed by atoms with E-state index in [1.165, 1.54) is 20.5 Å². The van der Waals surface area contributed by atoms with Crippen LogP contribution in [0.5, 0.6) is 5.88 Å². The van der Waals surface area contributed by atoms with Crippen LogP contribution in [0.25, 0.3) is 10.1 Å². The van der Waals surface area contributed by atoms with Gasteiger partial charge in [0.25, 0.3) is 0 Å². The predicted molar refractivity (Wildman–Crippen MR) is 89.4 cm³/mol. The largest absolute Gasteiger partial charge is 0.481 e. The van der Waals surface area contributed by atoms with Crippen LogP contribution < -0.4 is 10.1 Å². The molecule has 21 heavy (non-hydrogen) atoms. The van der Waals surface area contributed by atoms with Crippen LogP contribution in [0.15, 0.2) is 42.6 Å². The number of fused-ring (bicyclic) bond motifs is 1. The van der Waals surface area contributed by atoms with Gasteiger partial charge in [0.15, 0.2) is 0 Å². The van der Waals surface area contributed by atoms with Crippen LogP contribution in [0.1, 0.15) is 23.4 Å². The van der Waals surface area contributed by atoms with Crippen molar-refractivity contribution in [3.8, 4) is 5.88 Å². The Labute approximate surface area is 128 Å². The van der Waals surface area contributed by atoms with Crippen molar-refractivity contribution in [3.63, 3.8) is 0 Å². The summed E-state index contributed by atoms with van der Waals surface area (Å²) in [4.78, 5) is 5.60. The lowest BCUT2D eigenvalue weighted by Crippen LogP contribution is -2.06. The van der Waals surface area contributed by atoms with Crippen LogP contribution in [0.2, 0.25) is 0 Å². The molecule has 2 aromatic heterocycles. The molecule has 1 aromatic carbocycles. The van der Waals surface area contributed by atoms with Gasteiger partial charge in [0.2, 0.25) is 5.88 Å². The van der Waals surface area contributed by atoms with Gasteiger partial charge < -0.3 is 10.1 Å². The van der Waals surface area contributed by atoms with Crippen LogP contribution in [0.3, 0.4) is 0 Å². The molecule has 1 atom stereocenters. The van der Waals surface area contributed by atoms with Crippen molar-refractivity contribution in [2.45, 2.75) is 19.9 Å². The van der Waals surface area contributed by atoms with E-state index in [0.717, 1.165) is 5.69 Å². The van der Waals surface area contributed by atoms with Crippen LogP contribution in [-0.4, -0.2) is 12.1 Å². The third-order valence-corrected chi connectivity index (χ3v) is 5.06. The Morgan fingerprint density at radius 3 is 2.67 bits per heavy atom. The second-order valence-electron chi connectivity index (χ2n) is 5.04. The molecule has 0 amide bonds. The van der Waals surface area contributed by atoms with E-state index in [9.17, 15) is 0 Å². The number of rotatable bonds is 4. The average molecular weight is 298 g/mol. The highest BCUT2D eigenvalue weighted by Gasteiger charge is 2.14. The highest BCUT2D eigenvalue weighted by Crippen LogP contribution is 2.35. The molecule has 0 aliphatic carbocycles. The summed E-state index contributed by atoms with van der Waals surface area (Å²) in [6.07, 6.45) is 1.80. The van der Waals surface area contributed by atoms with Gasteiger partial charge in [-0.3, -0.25) is 0 Å². The highest BCUT2D eigenvalue weighted by molar-refractivity contribution is 7.19. The molecule has 0 spiro atoms. The van der Waals surface area contributed by atoms with Crippen molar-refractivity contribution in [1.29, 1.82) is 0 Å². The molecule has 3 rings (SSSR count). The summed E-state index contributed by atoms with van der Waals surface area (Å²) in [5.41, 5.74) is 2.36. The molecular formula is C17H18N2OS. The minimum atomic E-state index is 0.248. The second-order valence-corrected chi connectivity index (χ2v) is 6.13. The number of thiophene rings is 1. The van der Waals surface area contributed by atoms with Crippen molar-refractivity contribution in [3.05, 3.63) is 53.0 Å². The van der Waals surface area contributed by atoms with Crippen molar-refractivity contribution >= 4 is 27.1 Å². The van der Waals surface area contributed by atoms with Gasteiger partial charge in [0, 0.05) is 15.6 Å². The molecule has 2 heterocycles. The molecule has 0 radical (unpaired) electrons. The van der Waals surface area contributed by atoms with Crippen molar-refractivity contribution in [2.75, 3.05) is 12.4 Å². The maximum atomic E-state index is 5.08. The first-order valence-electron chi connectivity index (χ1n) is 6.93. The third kappa shape index (κ3) is 2.72. The summed E-state index contributed by atoms with van der Waals surface area (Å²) in [6.45, 7) is 4.38. The third-order valence-electron chi connectivity index (χ3n) is 3.60. The van der Waals surface area contributed by atoms with Crippen molar-refractivity contribution in [1.82, 2.24) is 4.98 Å². The number of hydrogen-bond acceptors (Lipinski definition) is 4. The molecule has 0 fully saturated rings. The maximum Gasteiger partial charge on any atom is 0.213 e. The summed E-state index contributed by atoms with van der Waals surface area (Å²) in [7, 11) is 1.62. The molecule has 1 N–H and O–H groups in total. The van der Waals surface area contributed by atoms with Gasteiger partial charge in [-0.25, -0.2) is 4.98 Å². The number of anilines is 1. The molecule has 0 aliphatic heterocycles. The normalized spacial score (nSPS) is 12.3. The van der Waals surface area contributed by atoms with Crippen molar-refractivity contribution < 1.29 is 4.74 Å². The summed E-state index contributed by atoms with van der Waals surface area (Å²) < 4.78 is 6.42. The van der Waals surface area contributed by atoms with E-state index in [4.69, 9.17) is 4.74 Å². The fourth-order valence-corrected chi connectivity index (χ4v) is 3.72. The Kier molecular flexibility index (Phi) is 3.80. The maximum absolute atomic E-state index is 5.08. The Bertz CT molecular complexity index is 749. The Hall–Kier alpha value is -2.07. The lowest BCUT2D eigenvalue weighted by atomic mass is 10.1. The minimum Gasteiger partial charge on any atom is -0.481 e. The van der Waals surface area contributed by atoms with Gasteiger partial charge in [-0.1, -0.05) is 18.2 Å². The summed E-state index contributed by atoms with van der Waals surface area (Å²) in [5, 5.41) is 4.85. The molecule has 3 aromatic rings.